The van der Waals surface area contributed by atoms with Crippen molar-refractivity contribution in [2.45, 2.75) is 18.9 Å². The van der Waals surface area contributed by atoms with Crippen LogP contribution in [0.4, 0.5) is 0 Å². The van der Waals surface area contributed by atoms with Gasteiger partial charge in [0.15, 0.2) is 21.3 Å². The van der Waals surface area contributed by atoms with Crippen molar-refractivity contribution in [2.24, 2.45) is 0 Å². The maximum absolute atomic E-state index is 12.6. The van der Waals surface area contributed by atoms with Crippen molar-refractivity contribution >= 4 is 15.7 Å². The number of methoxy groups -OCH3 is 2. The summed E-state index contributed by atoms with van der Waals surface area (Å²) < 4.78 is 33.8. The lowest BCUT2D eigenvalue weighted by molar-refractivity contribution is -0.132. The first kappa shape index (κ1) is 19.0. The lowest BCUT2D eigenvalue weighted by atomic mass is 10.1. The first-order chi connectivity index (χ1) is 12.4. The van der Waals surface area contributed by atoms with E-state index in [4.69, 9.17) is 9.47 Å². The number of amides is 1. The van der Waals surface area contributed by atoms with Crippen LogP contribution < -0.4 is 9.47 Å². The Hall–Kier alpha value is -1.80. The van der Waals surface area contributed by atoms with Gasteiger partial charge in [0, 0.05) is 32.2 Å². The van der Waals surface area contributed by atoms with Gasteiger partial charge >= 0.3 is 0 Å². The molecule has 1 aromatic carbocycles. The van der Waals surface area contributed by atoms with Crippen molar-refractivity contribution in [2.75, 3.05) is 51.9 Å². The van der Waals surface area contributed by atoms with E-state index in [9.17, 15) is 13.2 Å². The molecule has 0 radical (unpaired) electrons. The molecular weight excluding hydrogens is 356 g/mol. The molecule has 7 nitrogen and oxygen atoms in total. The number of sulfone groups is 1. The SMILES string of the molecule is COc1ccc(CC(=O)N2CCN(C3CCS(=O)(=O)C3)CC2)cc1OC. The predicted molar refractivity (Wildman–Crippen MR) is 98.5 cm³/mol. The van der Waals surface area contributed by atoms with E-state index in [2.05, 4.69) is 4.90 Å². The van der Waals surface area contributed by atoms with E-state index >= 15 is 0 Å². The van der Waals surface area contributed by atoms with Crippen molar-refractivity contribution in [3.05, 3.63) is 23.8 Å². The van der Waals surface area contributed by atoms with E-state index < -0.39 is 9.84 Å². The average Bonchev–Trinajstić information content (AvgIpc) is 3.01. The Morgan fingerprint density at radius 1 is 1.12 bits per heavy atom. The second kappa shape index (κ2) is 7.84. The third-order valence-corrected chi connectivity index (χ3v) is 6.95. The van der Waals surface area contributed by atoms with Gasteiger partial charge in [0.1, 0.15) is 0 Å². The minimum absolute atomic E-state index is 0.0795. The number of rotatable bonds is 5. The highest BCUT2D eigenvalue weighted by atomic mass is 32.2. The average molecular weight is 382 g/mol. The van der Waals surface area contributed by atoms with Gasteiger partial charge in [-0.25, -0.2) is 8.42 Å². The Kier molecular flexibility index (Phi) is 5.72. The Balaban J connectivity index is 1.54. The van der Waals surface area contributed by atoms with Crippen molar-refractivity contribution in [1.82, 2.24) is 9.80 Å². The molecule has 8 heteroatoms. The summed E-state index contributed by atoms with van der Waals surface area (Å²) in [6, 6.07) is 5.62. The van der Waals surface area contributed by atoms with E-state index in [1.54, 1.807) is 20.3 Å². The molecule has 1 atom stereocenters. The van der Waals surface area contributed by atoms with Crippen molar-refractivity contribution in [3.8, 4) is 11.5 Å². The predicted octanol–water partition coefficient (Wildman–Crippen LogP) is 0.578. The molecule has 1 unspecified atom stereocenters. The van der Waals surface area contributed by atoms with Crippen LogP contribution in [0.3, 0.4) is 0 Å². The Bertz CT molecular complexity index is 757. The molecule has 1 amide bonds. The van der Waals surface area contributed by atoms with Gasteiger partial charge in [0.25, 0.3) is 0 Å². The van der Waals surface area contributed by atoms with Gasteiger partial charge in [-0.2, -0.15) is 0 Å². The number of piperazine rings is 1. The number of carbonyl (C=O) groups excluding carboxylic acids is 1. The topological polar surface area (TPSA) is 76.2 Å². The van der Waals surface area contributed by atoms with Crippen molar-refractivity contribution < 1.29 is 22.7 Å². The standard InChI is InChI=1S/C18H26N2O5S/c1-24-16-4-3-14(11-17(16)25-2)12-18(21)20-8-6-19(7-9-20)15-5-10-26(22,23)13-15/h3-4,11,15H,5-10,12-13H2,1-2H3. The molecule has 3 rings (SSSR count). The minimum atomic E-state index is -2.87. The highest BCUT2D eigenvalue weighted by molar-refractivity contribution is 7.91. The van der Waals surface area contributed by atoms with Crippen molar-refractivity contribution in [1.29, 1.82) is 0 Å². The van der Waals surface area contributed by atoms with Crippen LogP contribution >= 0.6 is 0 Å². The van der Waals surface area contributed by atoms with Gasteiger partial charge in [-0.15, -0.1) is 0 Å². The van der Waals surface area contributed by atoms with Crippen LogP contribution in [-0.4, -0.2) is 82.1 Å². The second-order valence-electron chi connectivity index (χ2n) is 6.84. The molecule has 0 aromatic heterocycles. The van der Waals surface area contributed by atoms with Gasteiger partial charge in [-0.3, -0.25) is 9.69 Å². The Morgan fingerprint density at radius 2 is 1.81 bits per heavy atom. The molecule has 144 valence electrons. The molecule has 0 spiro atoms. The summed E-state index contributed by atoms with van der Waals surface area (Å²) in [6.45, 7) is 2.75. The normalized spacial score (nSPS) is 23.0. The number of benzene rings is 1. The molecule has 0 N–H and O–H groups in total. The fourth-order valence-electron chi connectivity index (χ4n) is 3.68. The summed E-state index contributed by atoms with van der Waals surface area (Å²) in [5, 5.41) is 0. The zero-order chi connectivity index (χ0) is 18.7. The smallest absolute Gasteiger partial charge is 0.227 e. The van der Waals surface area contributed by atoms with Crippen molar-refractivity contribution in [3.63, 3.8) is 0 Å². The number of nitrogens with zero attached hydrogens (tertiary/aromatic N) is 2. The van der Waals surface area contributed by atoms with Gasteiger partial charge in [-0.1, -0.05) is 6.07 Å². The van der Waals surface area contributed by atoms with Crippen LogP contribution in [0.2, 0.25) is 0 Å². The van der Waals surface area contributed by atoms with Crippen LogP contribution in [0, 0.1) is 0 Å². The van der Waals surface area contributed by atoms with Gasteiger partial charge in [0.2, 0.25) is 5.91 Å². The number of ether oxygens (including phenoxy) is 2. The molecule has 1 aromatic rings. The van der Waals surface area contributed by atoms with E-state index in [1.165, 1.54) is 0 Å². The van der Waals surface area contributed by atoms with Gasteiger partial charge < -0.3 is 14.4 Å². The Morgan fingerprint density at radius 3 is 2.38 bits per heavy atom. The summed E-state index contributed by atoms with van der Waals surface area (Å²) in [6.07, 6.45) is 1.03. The first-order valence-corrected chi connectivity index (χ1v) is 10.7. The van der Waals surface area contributed by atoms with Gasteiger partial charge in [0.05, 0.1) is 32.1 Å². The first-order valence-electron chi connectivity index (χ1n) is 8.85. The molecule has 0 aliphatic carbocycles. The molecule has 2 aliphatic heterocycles. The fourth-order valence-corrected chi connectivity index (χ4v) is 5.44. The zero-order valence-electron chi connectivity index (χ0n) is 15.3. The third kappa shape index (κ3) is 4.29. The quantitative estimate of drug-likeness (QED) is 0.741. The monoisotopic (exact) mass is 382 g/mol. The minimum Gasteiger partial charge on any atom is -0.493 e. The zero-order valence-corrected chi connectivity index (χ0v) is 16.1. The van der Waals surface area contributed by atoms with Gasteiger partial charge in [-0.05, 0) is 24.1 Å². The highest BCUT2D eigenvalue weighted by Crippen LogP contribution is 2.28. The maximum Gasteiger partial charge on any atom is 0.227 e. The summed E-state index contributed by atoms with van der Waals surface area (Å²) in [5.74, 6) is 1.88. The number of hydrogen-bond donors (Lipinski definition) is 0. The molecule has 0 saturated carbocycles. The maximum atomic E-state index is 12.6. The molecule has 2 fully saturated rings. The van der Waals surface area contributed by atoms with Crippen LogP contribution in [0.15, 0.2) is 18.2 Å². The molecule has 2 heterocycles. The van der Waals surface area contributed by atoms with Crippen LogP contribution in [0.5, 0.6) is 11.5 Å². The van der Waals surface area contributed by atoms with Crippen LogP contribution in [0.25, 0.3) is 0 Å². The fraction of sp³-hybridized carbons (Fsp3) is 0.611. The summed E-state index contributed by atoms with van der Waals surface area (Å²) in [7, 11) is 0.284. The second-order valence-corrected chi connectivity index (χ2v) is 9.07. The lowest BCUT2D eigenvalue weighted by Gasteiger charge is -2.37. The summed E-state index contributed by atoms with van der Waals surface area (Å²) >= 11 is 0. The lowest BCUT2D eigenvalue weighted by Crippen LogP contribution is -2.52. The molecule has 26 heavy (non-hydrogen) atoms. The van der Waals surface area contributed by atoms with Crippen LogP contribution in [-0.2, 0) is 21.1 Å². The van der Waals surface area contributed by atoms with E-state index in [1.807, 2.05) is 17.0 Å². The largest absolute Gasteiger partial charge is 0.493 e. The summed E-state index contributed by atoms with van der Waals surface area (Å²) in [4.78, 5) is 16.7. The van der Waals surface area contributed by atoms with E-state index in [0.29, 0.717) is 37.4 Å². The number of carbonyl (C=O) groups is 1. The van der Waals surface area contributed by atoms with E-state index in [0.717, 1.165) is 18.7 Å². The Labute approximate surface area is 154 Å². The number of hydrogen-bond acceptors (Lipinski definition) is 6. The van der Waals surface area contributed by atoms with E-state index in [-0.39, 0.29) is 23.5 Å². The molecular formula is C18H26N2O5S. The summed E-state index contributed by atoms with van der Waals surface area (Å²) in [5.41, 5.74) is 0.886. The highest BCUT2D eigenvalue weighted by Gasteiger charge is 2.34. The molecule has 2 saturated heterocycles. The third-order valence-electron chi connectivity index (χ3n) is 5.20. The molecule has 2 aliphatic rings. The van der Waals surface area contributed by atoms with Crippen LogP contribution in [0.1, 0.15) is 12.0 Å². The molecule has 0 bridgehead atoms.